The van der Waals surface area contributed by atoms with E-state index < -0.39 is 5.54 Å². The molecule has 0 aliphatic carbocycles. The molecule has 2 N–H and O–H groups in total. The van der Waals surface area contributed by atoms with Crippen molar-refractivity contribution in [3.8, 4) is 0 Å². The molecule has 8 heteroatoms. The molecular weight excluding hydrogens is 284 g/mol. The molecule has 1 atom stereocenters. The van der Waals surface area contributed by atoms with Crippen LogP contribution < -0.4 is 10.6 Å². The normalized spacial score (nSPS) is 19.2. The van der Waals surface area contributed by atoms with Gasteiger partial charge in [-0.25, -0.2) is 0 Å². The average Bonchev–Trinajstić information content (AvgIpc) is 2.77. The van der Waals surface area contributed by atoms with Crippen molar-refractivity contribution in [1.29, 1.82) is 0 Å². The Labute approximate surface area is 124 Å². The van der Waals surface area contributed by atoms with Crippen molar-refractivity contribution in [2.75, 3.05) is 19.8 Å². The van der Waals surface area contributed by atoms with Gasteiger partial charge in [0.2, 0.25) is 11.8 Å². The third kappa shape index (κ3) is 4.43. The van der Waals surface area contributed by atoms with Crippen molar-refractivity contribution in [2.24, 2.45) is 0 Å². The number of amides is 1. The largest absolute Gasteiger partial charge is 0.378 e. The third-order valence-corrected chi connectivity index (χ3v) is 2.97. The molecule has 0 saturated carbocycles. The molecule has 1 aromatic rings. The van der Waals surface area contributed by atoms with Gasteiger partial charge in [-0.05, 0) is 13.8 Å². The molecule has 20 heavy (non-hydrogen) atoms. The third-order valence-electron chi connectivity index (χ3n) is 2.97. The molecule has 7 nitrogen and oxygen atoms in total. The van der Waals surface area contributed by atoms with Crippen LogP contribution in [-0.4, -0.2) is 41.8 Å². The number of aryl methyl sites for hydroxylation is 1. The van der Waals surface area contributed by atoms with Crippen LogP contribution in [0.15, 0.2) is 4.52 Å². The van der Waals surface area contributed by atoms with E-state index in [-0.39, 0.29) is 24.4 Å². The first-order valence-electron chi connectivity index (χ1n) is 6.40. The summed E-state index contributed by atoms with van der Waals surface area (Å²) in [5, 5.41) is 10.0. The summed E-state index contributed by atoms with van der Waals surface area (Å²) in [5.41, 5.74) is -0.648. The summed E-state index contributed by atoms with van der Waals surface area (Å²) in [6.45, 7) is 7.46. The second kappa shape index (κ2) is 7.01. The maximum absolute atomic E-state index is 12.0. The van der Waals surface area contributed by atoms with Crippen LogP contribution in [0.2, 0.25) is 0 Å². The van der Waals surface area contributed by atoms with E-state index in [0.29, 0.717) is 31.3 Å². The van der Waals surface area contributed by atoms with Gasteiger partial charge in [0.05, 0.1) is 18.8 Å². The summed E-state index contributed by atoms with van der Waals surface area (Å²) in [5.74, 6) is 0.904. The number of rotatable bonds is 4. The van der Waals surface area contributed by atoms with Crippen LogP contribution in [0.4, 0.5) is 0 Å². The summed E-state index contributed by atoms with van der Waals surface area (Å²) in [4.78, 5) is 16.2. The maximum atomic E-state index is 12.0. The zero-order chi connectivity index (χ0) is 13.9. The maximum Gasteiger partial charge on any atom is 0.223 e. The Morgan fingerprint density at radius 1 is 1.55 bits per heavy atom. The van der Waals surface area contributed by atoms with Crippen LogP contribution in [0.25, 0.3) is 0 Å². The Morgan fingerprint density at radius 2 is 2.30 bits per heavy atom. The average molecular weight is 305 g/mol. The second-order valence-corrected chi connectivity index (χ2v) is 5.24. The summed E-state index contributed by atoms with van der Waals surface area (Å²) in [7, 11) is 0. The lowest BCUT2D eigenvalue weighted by molar-refractivity contribution is -0.124. The van der Waals surface area contributed by atoms with E-state index in [1.807, 2.05) is 13.8 Å². The van der Waals surface area contributed by atoms with E-state index in [2.05, 4.69) is 20.8 Å². The molecule has 1 aliphatic rings. The number of nitrogens with zero attached hydrogens (tertiary/aromatic N) is 2. The van der Waals surface area contributed by atoms with Gasteiger partial charge in [-0.3, -0.25) is 4.79 Å². The molecule has 0 bridgehead atoms. The minimum absolute atomic E-state index is 0. The summed E-state index contributed by atoms with van der Waals surface area (Å²) in [6, 6.07) is 0.0663. The predicted molar refractivity (Wildman–Crippen MR) is 74.7 cm³/mol. The Morgan fingerprint density at radius 3 is 2.85 bits per heavy atom. The molecular formula is C12H21ClN4O3. The molecule has 2 heterocycles. The van der Waals surface area contributed by atoms with Gasteiger partial charge in [0, 0.05) is 25.9 Å². The molecule has 1 fully saturated rings. The molecule has 2 rings (SSSR count). The molecule has 0 radical (unpaired) electrons. The van der Waals surface area contributed by atoms with Gasteiger partial charge in [0.15, 0.2) is 5.82 Å². The van der Waals surface area contributed by atoms with Gasteiger partial charge in [-0.15, -0.1) is 12.4 Å². The zero-order valence-electron chi connectivity index (χ0n) is 11.9. The summed E-state index contributed by atoms with van der Waals surface area (Å²) >= 11 is 0. The SMILES string of the molecule is Cc1nc(C(C)(C)NC(=O)CC2COCCN2)no1.Cl. The van der Waals surface area contributed by atoms with Gasteiger partial charge < -0.3 is 19.9 Å². The van der Waals surface area contributed by atoms with Crippen LogP contribution in [0.3, 0.4) is 0 Å². The minimum Gasteiger partial charge on any atom is -0.378 e. The number of hydrogen-bond acceptors (Lipinski definition) is 6. The van der Waals surface area contributed by atoms with Gasteiger partial charge in [-0.2, -0.15) is 4.98 Å². The van der Waals surface area contributed by atoms with Crippen molar-refractivity contribution >= 4 is 18.3 Å². The lowest BCUT2D eigenvalue weighted by Gasteiger charge is -2.26. The molecule has 1 aliphatic heterocycles. The van der Waals surface area contributed by atoms with E-state index in [0.717, 1.165) is 6.54 Å². The predicted octanol–water partition coefficient (Wildman–Crippen LogP) is 0.530. The van der Waals surface area contributed by atoms with Crippen LogP contribution in [0.1, 0.15) is 32.0 Å². The van der Waals surface area contributed by atoms with Gasteiger partial charge in [0.1, 0.15) is 0 Å². The topological polar surface area (TPSA) is 89.3 Å². The highest BCUT2D eigenvalue weighted by Gasteiger charge is 2.29. The van der Waals surface area contributed by atoms with E-state index in [4.69, 9.17) is 9.26 Å². The lowest BCUT2D eigenvalue weighted by atomic mass is 10.0. The van der Waals surface area contributed by atoms with Crippen LogP contribution in [0, 0.1) is 6.92 Å². The number of carbonyl (C=O) groups is 1. The monoisotopic (exact) mass is 304 g/mol. The standard InChI is InChI=1S/C12H20N4O3.ClH/c1-8-14-11(16-19-8)12(2,3)15-10(17)6-9-7-18-5-4-13-9;/h9,13H,4-7H2,1-3H3,(H,15,17);1H. The Hall–Kier alpha value is -1.18. The van der Waals surface area contributed by atoms with Crippen LogP contribution in [-0.2, 0) is 15.1 Å². The van der Waals surface area contributed by atoms with Crippen molar-refractivity contribution in [1.82, 2.24) is 20.8 Å². The van der Waals surface area contributed by atoms with Crippen molar-refractivity contribution in [2.45, 2.75) is 38.8 Å². The highest BCUT2D eigenvalue weighted by Crippen LogP contribution is 2.16. The molecule has 1 saturated heterocycles. The van der Waals surface area contributed by atoms with E-state index in [1.54, 1.807) is 6.92 Å². The van der Waals surface area contributed by atoms with Crippen molar-refractivity contribution in [3.05, 3.63) is 11.7 Å². The fourth-order valence-electron chi connectivity index (χ4n) is 1.98. The van der Waals surface area contributed by atoms with Crippen molar-refractivity contribution in [3.63, 3.8) is 0 Å². The molecule has 1 amide bonds. The fraction of sp³-hybridized carbons (Fsp3) is 0.750. The first-order chi connectivity index (χ1) is 8.97. The number of aromatic nitrogens is 2. The van der Waals surface area contributed by atoms with Crippen LogP contribution in [0.5, 0.6) is 0 Å². The molecule has 1 unspecified atom stereocenters. The number of ether oxygens (including phenoxy) is 1. The van der Waals surface area contributed by atoms with E-state index in [1.165, 1.54) is 0 Å². The zero-order valence-corrected chi connectivity index (χ0v) is 12.7. The molecule has 0 aromatic carbocycles. The first-order valence-corrected chi connectivity index (χ1v) is 6.40. The molecule has 1 aromatic heterocycles. The summed E-state index contributed by atoms with van der Waals surface area (Å²) in [6.07, 6.45) is 0.375. The van der Waals surface area contributed by atoms with E-state index in [9.17, 15) is 4.79 Å². The summed E-state index contributed by atoms with van der Waals surface area (Å²) < 4.78 is 10.3. The smallest absolute Gasteiger partial charge is 0.223 e. The number of morpholine rings is 1. The van der Waals surface area contributed by atoms with Gasteiger partial charge >= 0.3 is 0 Å². The van der Waals surface area contributed by atoms with Crippen LogP contribution >= 0.6 is 12.4 Å². The lowest BCUT2D eigenvalue weighted by Crippen LogP contribution is -2.48. The molecule has 114 valence electrons. The Bertz CT molecular complexity index is 444. The number of nitrogens with one attached hydrogen (secondary N) is 2. The fourth-order valence-corrected chi connectivity index (χ4v) is 1.98. The first kappa shape index (κ1) is 16.9. The number of carbonyl (C=O) groups excluding carboxylic acids is 1. The highest BCUT2D eigenvalue weighted by atomic mass is 35.5. The van der Waals surface area contributed by atoms with E-state index >= 15 is 0 Å². The molecule has 0 spiro atoms. The highest BCUT2D eigenvalue weighted by molar-refractivity contribution is 5.85. The van der Waals surface area contributed by atoms with Crippen molar-refractivity contribution < 1.29 is 14.1 Å². The van der Waals surface area contributed by atoms with Gasteiger partial charge in [0.25, 0.3) is 0 Å². The Kier molecular flexibility index (Phi) is 5.91. The quantitative estimate of drug-likeness (QED) is 0.843. The minimum atomic E-state index is -0.648. The number of halogens is 1. The van der Waals surface area contributed by atoms with Gasteiger partial charge in [-0.1, -0.05) is 5.16 Å². The second-order valence-electron chi connectivity index (χ2n) is 5.24. The Balaban J connectivity index is 0.00000200. The number of hydrogen-bond donors (Lipinski definition) is 2.